The highest BCUT2D eigenvalue weighted by Crippen LogP contribution is 2.36. The minimum Gasteiger partial charge on any atom is -0.482 e. The predicted molar refractivity (Wildman–Crippen MR) is 340 cm³/mol. The van der Waals surface area contributed by atoms with Crippen LogP contribution in [-0.4, -0.2) is 134 Å². The van der Waals surface area contributed by atoms with Crippen LogP contribution in [0.5, 0.6) is 11.5 Å². The molecular formula is C68H64N12O13. The number of aromatic amines is 1. The number of nitrogens with one attached hydrogen (secondary N) is 1. The van der Waals surface area contributed by atoms with Gasteiger partial charge in [0.25, 0.3) is 11.8 Å². The van der Waals surface area contributed by atoms with Crippen LogP contribution in [0.15, 0.2) is 220 Å². The molecule has 0 unspecified atom stereocenters. The maximum Gasteiger partial charge on any atom is 0.358 e. The average molecular weight is 1260 g/mol. The molecule has 6 aromatic carbocycles. The third kappa shape index (κ3) is 17.4. The first-order chi connectivity index (χ1) is 45.4. The molecule has 2 amide bonds. The number of para-hydroxylation sites is 4. The molecule has 0 spiro atoms. The summed E-state index contributed by atoms with van der Waals surface area (Å²) in [5, 5.41) is 17.9. The Bertz CT molecular complexity index is 4090. The number of hydrogen-bond donors (Lipinski definition) is 3. The number of Topliss-reactive ketones (excluding diaryl/α,β-unsaturated/α-hetero) is 1. The van der Waals surface area contributed by atoms with Crippen molar-refractivity contribution in [1.29, 1.82) is 0 Å². The van der Waals surface area contributed by atoms with Gasteiger partial charge in [0.05, 0.1) is 106 Å². The molecule has 3 N–H and O–H groups in total. The van der Waals surface area contributed by atoms with Crippen molar-refractivity contribution < 1.29 is 62.7 Å². The van der Waals surface area contributed by atoms with E-state index in [1.807, 2.05) is 154 Å². The van der Waals surface area contributed by atoms with Crippen LogP contribution in [0.3, 0.4) is 0 Å². The van der Waals surface area contributed by atoms with Gasteiger partial charge in [-0.1, -0.05) is 72.8 Å². The number of aliphatic hydroxyl groups is 2. The molecule has 0 atom stereocenters. The van der Waals surface area contributed by atoms with Crippen LogP contribution in [0.25, 0.3) is 22.7 Å². The molecule has 0 bridgehead atoms. The quantitative estimate of drug-likeness (QED) is 0.0463. The molecule has 5 aromatic heterocycles. The molecule has 2 aliphatic rings. The first-order valence-corrected chi connectivity index (χ1v) is 29.0. The summed E-state index contributed by atoms with van der Waals surface area (Å²) in [4.78, 5) is 96.9. The second-order valence-corrected chi connectivity index (χ2v) is 19.9. The number of ether oxygens (including phenoxy) is 5. The number of imidazole rings is 5. The standard InChI is InChI=1S/2C20H17N3O4.C12H12N2O2.C10H10N2O.C6H8N2O2/c1-26-20(25)14-7-8-18-17(9-14)23(19(24)12-27-18)11-15-10-22(13-21-15)16-5-3-2-4-6-16;24-11-18(25)14-6-7-19-17(8-14)23(20(26)12-27-19)10-15-9-22(13-21-15)16-4-2-1-3-5-16;1-2-16-12(15)11-8-14(9-13-11)10-6-4-3-5-7-10;13-7-9-6-12(8-11-9)10-4-2-1-3-5-10;1-2-10-6(9)5-3-7-4-8-5/h2-10,13H,11-12H2,1H3;1-9,13,24H,10-12H2;3-9H,2H2,1H3;1-6,8,13H,7H2;3-4H,2H2,1H3,(H,7,8). The van der Waals surface area contributed by atoms with Gasteiger partial charge in [0.15, 0.2) is 24.7 Å². The molecular weight excluding hydrogens is 1190 g/mol. The summed E-state index contributed by atoms with van der Waals surface area (Å²) in [7, 11) is 1.32. The first kappa shape index (κ1) is 65.4. The summed E-state index contributed by atoms with van der Waals surface area (Å²) in [6.07, 6.45) is 16.8. The third-order valence-electron chi connectivity index (χ3n) is 13.7. The number of methoxy groups -OCH3 is 1. The van der Waals surface area contributed by atoms with Gasteiger partial charge in [-0.15, -0.1) is 0 Å². The monoisotopic (exact) mass is 1260 g/mol. The van der Waals surface area contributed by atoms with Gasteiger partial charge in [-0.3, -0.25) is 24.2 Å². The van der Waals surface area contributed by atoms with Crippen LogP contribution < -0.4 is 19.3 Å². The second-order valence-electron chi connectivity index (χ2n) is 19.9. The molecule has 0 saturated heterocycles. The van der Waals surface area contributed by atoms with Crippen molar-refractivity contribution >= 4 is 46.9 Å². The maximum absolute atomic E-state index is 12.4. The second kappa shape index (κ2) is 32.4. The average Bonchev–Trinajstić information content (AvgIpc) is 0.985. The number of ketones is 1. The molecule has 2 aliphatic heterocycles. The number of hydrogen-bond acceptors (Lipinski definition) is 18. The Morgan fingerprint density at radius 3 is 1.35 bits per heavy atom. The Morgan fingerprint density at radius 1 is 0.516 bits per heavy atom. The highest BCUT2D eigenvalue weighted by molar-refractivity contribution is 6.02. The van der Waals surface area contributed by atoms with Crippen molar-refractivity contribution in [3.63, 3.8) is 0 Å². The zero-order chi connectivity index (χ0) is 65.5. The van der Waals surface area contributed by atoms with Gasteiger partial charge in [-0.05, 0) is 98.8 Å². The van der Waals surface area contributed by atoms with Crippen molar-refractivity contribution in [3.05, 3.63) is 260 Å². The van der Waals surface area contributed by atoms with Gasteiger partial charge in [0.2, 0.25) is 0 Å². The molecule has 93 heavy (non-hydrogen) atoms. The van der Waals surface area contributed by atoms with E-state index in [1.165, 1.54) is 19.6 Å². The highest BCUT2D eigenvalue weighted by Gasteiger charge is 2.29. The molecule has 25 heteroatoms. The van der Waals surface area contributed by atoms with E-state index in [1.54, 1.807) is 96.1 Å². The van der Waals surface area contributed by atoms with Crippen LogP contribution in [0.1, 0.15) is 72.6 Å². The smallest absolute Gasteiger partial charge is 0.358 e. The third-order valence-corrected chi connectivity index (χ3v) is 13.7. The Balaban J connectivity index is 0.000000144. The summed E-state index contributed by atoms with van der Waals surface area (Å²) in [5.41, 5.74) is 8.52. The number of benzene rings is 6. The zero-order valence-corrected chi connectivity index (χ0v) is 50.7. The van der Waals surface area contributed by atoms with Crippen molar-refractivity contribution in [3.8, 4) is 34.2 Å². The normalized spacial score (nSPS) is 11.8. The lowest BCUT2D eigenvalue weighted by atomic mass is 10.1. The van der Waals surface area contributed by atoms with Crippen molar-refractivity contribution in [2.24, 2.45) is 0 Å². The number of carbonyl (C=O) groups excluding carboxylic acids is 6. The Hall–Kier alpha value is -12.1. The van der Waals surface area contributed by atoms with Crippen LogP contribution in [0.4, 0.5) is 11.4 Å². The number of anilines is 2. The van der Waals surface area contributed by atoms with E-state index in [2.05, 4.69) is 34.6 Å². The van der Waals surface area contributed by atoms with Gasteiger partial charge in [-0.25, -0.2) is 39.3 Å². The van der Waals surface area contributed by atoms with E-state index in [4.69, 9.17) is 29.2 Å². The number of esters is 3. The molecule has 474 valence electrons. The number of H-pyrrole nitrogens is 1. The molecule has 7 heterocycles. The van der Waals surface area contributed by atoms with Crippen molar-refractivity contribution in [2.75, 3.05) is 49.9 Å². The number of fused-ring (bicyclic) bond motifs is 2. The van der Waals surface area contributed by atoms with E-state index in [0.29, 0.717) is 70.0 Å². The van der Waals surface area contributed by atoms with Gasteiger partial charge in [-0.2, -0.15) is 0 Å². The Morgan fingerprint density at radius 2 is 0.935 bits per heavy atom. The number of nitrogens with zero attached hydrogens (tertiary/aromatic N) is 11. The van der Waals surface area contributed by atoms with Crippen LogP contribution in [0, 0.1) is 0 Å². The lowest BCUT2D eigenvalue weighted by Gasteiger charge is -2.29. The lowest BCUT2D eigenvalue weighted by Crippen LogP contribution is -2.38. The SMILES string of the molecule is CCOC(=O)c1cn(-c2ccccc2)cn1.CCOC(=O)c1cnc[nH]1.COC(=O)c1ccc2c(c1)N(Cc1cn(-c3ccccc3)cn1)C(=O)CO2.O=C(CO)c1ccc2c(c1)N(Cc1cn(-c3ccccc3)cn1)C(=O)CO2.OCc1cn(-c2ccccc2)cn1. The van der Waals surface area contributed by atoms with Crippen molar-refractivity contribution in [1.82, 2.24) is 48.2 Å². The fourth-order valence-corrected chi connectivity index (χ4v) is 9.10. The van der Waals surface area contributed by atoms with E-state index in [9.17, 15) is 28.8 Å². The minimum atomic E-state index is -0.588. The molecule has 11 aromatic rings. The zero-order valence-electron chi connectivity index (χ0n) is 50.7. The van der Waals surface area contributed by atoms with Crippen molar-refractivity contribution in [2.45, 2.75) is 33.5 Å². The molecule has 25 nitrogen and oxygen atoms in total. The van der Waals surface area contributed by atoms with E-state index in [0.717, 1.165) is 28.4 Å². The minimum absolute atomic E-state index is 0.0141. The summed E-state index contributed by atoms with van der Waals surface area (Å²) in [6.45, 7) is 4.08. The topological polar surface area (TPSA) is 295 Å². The summed E-state index contributed by atoms with van der Waals surface area (Å²) in [6, 6.07) is 48.8. The fraction of sp³-hybridized carbons (Fsp3) is 0.162. The summed E-state index contributed by atoms with van der Waals surface area (Å²) in [5.74, 6) is -0.981. The molecule has 13 rings (SSSR count). The van der Waals surface area contributed by atoms with E-state index in [-0.39, 0.29) is 50.7 Å². The number of rotatable bonds is 16. The van der Waals surface area contributed by atoms with Gasteiger partial charge in [0.1, 0.15) is 30.1 Å². The van der Waals surface area contributed by atoms with Crippen LogP contribution in [0.2, 0.25) is 0 Å². The Labute approximate surface area is 533 Å². The number of aliphatic hydroxyl groups excluding tert-OH is 2. The summed E-state index contributed by atoms with van der Waals surface area (Å²) < 4.78 is 32.7. The van der Waals surface area contributed by atoms with E-state index < -0.39 is 24.3 Å². The predicted octanol–water partition coefficient (Wildman–Crippen LogP) is 8.56. The maximum atomic E-state index is 12.4. The summed E-state index contributed by atoms with van der Waals surface area (Å²) >= 11 is 0. The fourth-order valence-electron chi connectivity index (χ4n) is 9.10. The van der Waals surface area contributed by atoms with Gasteiger partial charge >= 0.3 is 17.9 Å². The number of amides is 2. The highest BCUT2D eigenvalue weighted by atomic mass is 16.5. The van der Waals surface area contributed by atoms with Gasteiger partial charge < -0.3 is 57.1 Å². The molecule has 0 fully saturated rings. The first-order valence-electron chi connectivity index (χ1n) is 29.0. The lowest BCUT2D eigenvalue weighted by molar-refractivity contribution is -0.122. The van der Waals surface area contributed by atoms with Gasteiger partial charge in [0, 0.05) is 53.1 Å². The molecule has 0 aliphatic carbocycles. The largest absolute Gasteiger partial charge is 0.482 e. The van der Waals surface area contributed by atoms with Crippen LogP contribution in [-0.2, 0) is 43.5 Å². The van der Waals surface area contributed by atoms with E-state index >= 15 is 0 Å². The van der Waals surface area contributed by atoms with Crippen LogP contribution >= 0.6 is 0 Å². The Kier molecular flexibility index (Phi) is 22.8. The number of carbonyl (C=O) groups is 6. The molecule has 0 radical (unpaired) electrons. The molecule has 0 saturated carbocycles. The number of aromatic nitrogens is 10.